The van der Waals surface area contributed by atoms with Crippen molar-refractivity contribution in [2.24, 2.45) is 7.05 Å². The van der Waals surface area contributed by atoms with Crippen LogP contribution < -0.4 is 0 Å². The number of unbranched alkanes of at least 4 members (excludes halogenated alkanes) is 1. The van der Waals surface area contributed by atoms with Crippen molar-refractivity contribution in [2.45, 2.75) is 65.7 Å². The van der Waals surface area contributed by atoms with Gasteiger partial charge in [-0.25, -0.2) is 14.8 Å². The monoisotopic (exact) mass is 523 g/mol. The Labute approximate surface area is 227 Å². The number of hydrogen-bond donors (Lipinski definition) is 2. The summed E-state index contributed by atoms with van der Waals surface area (Å²) >= 11 is 0. The van der Waals surface area contributed by atoms with Crippen molar-refractivity contribution in [3.63, 3.8) is 0 Å². The SMILES string of the molecule is CCCN(CCC)CCCCN(C)Cc1ccc(CN(Cc2ncc[nH]2)Cc2nccn2C)cc1C(=O)O. The van der Waals surface area contributed by atoms with Gasteiger partial charge >= 0.3 is 5.97 Å². The third kappa shape index (κ3) is 9.38. The van der Waals surface area contributed by atoms with Gasteiger partial charge < -0.3 is 24.5 Å². The van der Waals surface area contributed by atoms with Crippen molar-refractivity contribution in [3.8, 4) is 0 Å². The number of aromatic carboxylic acids is 1. The van der Waals surface area contributed by atoms with E-state index < -0.39 is 5.97 Å². The molecule has 2 heterocycles. The third-order valence-corrected chi connectivity index (χ3v) is 6.81. The van der Waals surface area contributed by atoms with Gasteiger partial charge in [0.2, 0.25) is 0 Å². The predicted molar refractivity (Wildman–Crippen MR) is 151 cm³/mol. The van der Waals surface area contributed by atoms with Crippen molar-refractivity contribution < 1.29 is 9.90 Å². The van der Waals surface area contributed by atoms with Gasteiger partial charge in [0.05, 0.1) is 18.7 Å². The summed E-state index contributed by atoms with van der Waals surface area (Å²) in [5.41, 5.74) is 2.19. The van der Waals surface area contributed by atoms with E-state index in [-0.39, 0.29) is 0 Å². The Balaban J connectivity index is 1.61. The van der Waals surface area contributed by atoms with Crippen LogP contribution in [0.15, 0.2) is 43.0 Å². The van der Waals surface area contributed by atoms with Crippen LogP contribution in [0.5, 0.6) is 0 Å². The highest BCUT2D eigenvalue weighted by atomic mass is 16.4. The number of hydrogen-bond acceptors (Lipinski definition) is 6. The second-order valence-electron chi connectivity index (χ2n) is 10.2. The Bertz CT molecular complexity index is 1090. The molecule has 3 aromatic rings. The van der Waals surface area contributed by atoms with E-state index in [1.54, 1.807) is 12.4 Å². The van der Waals surface area contributed by atoms with Gasteiger partial charge in [0, 0.05) is 44.9 Å². The molecule has 0 aliphatic carbocycles. The fraction of sp³-hybridized carbons (Fsp3) is 0.552. The maximum absolute atomic E-state index is 12.2. The van der Waals surface area contributed by atoms with E-state index in [0.717, 1.165) is 48.7 Å². The quantitative estimate of drug-likeness (QED) is 0.239. The van der Waals surface area contributed by atoms with Gasteiger partial charge in [-0.05, 0) is 76.1 Å². The molecule has 0 radical (unpaired) electrons. The van der Waals surface area contributed by atoms with Crippen molar-refractivity contribution >= 4 is 5.97 Å². The maximum atomic E-state index is 12.2. The Morgan fingerprint density at radius 1 is 0.947 bits per heavy atom. The van der Waals surface area contributed by atoms with Crippen LogP contribution >= 0.6 is 0 Å². The molecule has 2 N–H and O–H groups in total. The number of nitrogens with one attached hydrogen (secondary N) is 1. The number of nitrogens with zero attached hydrogens (tertiary/aromatic N) is 6. The number of imidazole rings is 2. The fourth-order valence-electron chi connectivity index (χ4n) is 4.88. The first-order valence-corrected chi connectivity index (χ1v) is 13.8. The zero-order valence-corrected chi connectivity index (χ0v) is 23.6. The van der Waals surface area contributed by atoms with E-state index in [0.29, 0.717) is 31.7 Å². The lowest BCUT2D eigenvalue weighted by Crippen LogP contribution is -2.27. The molecule has 9 heteroatoms. The van der Waals surface area contributed by atoms with Crippen LogP contribution in [0, 0.1) is 0 Å². The van der Waals surface area contributed by atoms with Crippen LogP contribution in [0.1, 0.15) is 72.7 Å². The first-order chi connectivity index (χ1) is 18.4. The lowest BCUT2D eigenvalue weighted by molar-refractivity contribution is 0.0694. The van der Waals surface area contributed by atoms with Crippen LogP contribution in [-0.4, -0.2) is 78.5 Å². The summed E-state index contributed by atoms with van der Waals surface area (Å²) in [6, 6.07) is 5.86. The molecule has 1 aromatic carbocycles. The van der Waals surface area contributed by atoms with Crippen molar-refractivity contribution in [1.82, 2.24) is 34.2 Å². The number of rotatable bonds is 18. The largest absolute Gasteiger partial charge is 0.478 e. The van der Waals surface area contributed by atoms with E-state index in [1.807, 2.05) is 36.1 Å². The second-order valence-corrected chi connectivity index (χ2v) is 10.2. The molecule has 0 bridgehead atoms. The highest BCUT2D eigenvalue weighted by Crippen LogP contribution is 2.18. The number of benzene rings is 1. The Kier molecular flexibility index (Phi) is 12.0. The Morgan fingerprint density at radius 2 is 1.71 bits per heavy atom. The molecule has 0 unspecified atom stereocenters. The van der Waals surface area contributed by atoms with E-state index >= 15 is 0 Å². The van der Waals surface area contributed by atoms with Gasteiger partial charge in [0.1, 0.15) is 11.6 Å². The molecule has 0 amide bonds. The van der Waals surface area contributed by atoms with E-state index in [4.69, 9.17) is 0 Å². The van der Waals surface area contributed by atoms with Crippen LogP contribution in [0.25, 0.3) is 0 Å². The van der Waals surface area contributed by atoms with E-state index in [1.165, 1.54) is 25.9 Å². The van der Waals surface area contributed by atoms with Gasteiger partial charge in [-0.1, -0.05) is 26.0 Å². The van der Waals surface area contributed by atoms with Gasteiger partial charge in [-0.3, -0.25) is 4.90 Å². The summed E-state index contributed by atoms with van der Waals surface area (Å²) in [6.45, 7) is 11.3. The predicted octanol–water partition coefficient (Wildman–Crippen LogP) is 4.38. The minimum atomic E-state index is -0.883. The third-order valence-electron chi connectivity index (χ3n) is 6.81. The minimum Gasteiger partial charge on any atom is -0.478 e. The molecule has 0 saturated heterocycles. The molecular formula is C29H45N7O2. The first kappa shape index (κ1) is 29.5. The highest BCUT2D eigenvalue weighted by molar-refractivity contribution is 5.89. The molecule has 0 spiro atoms. The number of carboxylic acid groups (broad SMARTS) is 1. The molecule has 2 aromatic heterocycles. The van der Waals surface area contributed by atoms with Gasteiger partial charge in [0.25, 0.3) is 0 Å². The van der Waals surface area contributed by atoms with Crippen molar-refractivity contribution in [2.75, 3.05) is 33.2 Å². The lowest BCUT2D eigenvalue weighted by atomic mass is 10.0. The molecule has 208 valence electrons. The molecule has 9 nitrogen and oxygen atoms in total. The zero-order valence-electron chi connectivity index (χ0n) is 23.6. The number of aromatic nitrogens is 4. The van der Waals surface area contributed by atoms with Gasteiger partial charge in [-0.15, -0.1) is 0 Å². The Hall–Kier alpha value is -3.01. The number of aromatic amines is 1. The van der Waals surface area contributed by atoms with Crippen molar-refractivity contribution in [1.29, 1.82) is 0 Å². The minimum absolute atomic E-state index is 0.376. The number of aryl methyl sites for hydroxylation is 1. The van der Waals surface area contributed by atoms with Crippen LogP contribution in [0.2, 0.25) is 0 Å². The number of carbonyl (C=O) groups is 1. The standard InChI is InChI=1S/C29H45N7O2/c1-5-14-35(15-6-2)17-8-7-16-33(3)21-25-10-9-24(19-26(25)29(37)38)20-36(22-27-30-11-12-31-27)23-28-32-13-18-34(28)4/h9-13,18-19H,5-8,14-17,20-23H2,1-4H3,(H,30,31)(H,37,38). The van der Waals surface area contributed by atoms with E-state index in [2.05, 4.69) is 56.6 Å². The average molecular weight is 524 g/mol. The number of H-pyrrole nitrogens is 1. The van der Waals surface area contributed by atoms with Crippen molar-refractivity contribution in [3.05, 3.63) is 71.3 Å². The summed E-state index contributed by atoms with van der Waals surface area (Å²) in [4.78, 5) is 31.2. The summed E-state index contributed by atoms with van der Waals surface area (Å²) in [5.74, 6) is 0.927. The zero-order chi connectivity index (χ0) is 27.3. The summed E-state index contributed by atoms with van der Waals surface area (Å²) in [6.07, 6.45) is 11.9. The summed E-state index contributed by atoms with van der Waals surface area (Å²) in [7, 11) is 4.06. The highest BCUT2D eigenvalue weighted by Gasteiger charge is 2.16. The molecule has 0 aliphatic rings. The van der Waals surface area contributed by atoms with Crippen LogP contribution in [0.3, 0.4) is 0 Å². The van der Waals surface area contributed by atoms with Crippen LogP contribution in [-0.2, 0) is 33.2 Å². The van der Waals surface area contributed by atoms with Gasteiger partial charge in [0.15, 0.2) is 0 Å². The van der Waals surface area contributed by atoms with E-state index in [9.17, 15) is 9.90 Å². The Morgan fingerprint density at radius 3 is 2.34 bits per heavy atom. The normalized spacial score (nSPS) is 11.8. The first-order valence-electron chi connectivity index (χ1n) is 13.8. The van der Waals surface area contributed by atoms with Gasteiger partial charge in [-0.2, -0.15) is 0 Å². The molecule has 0 saturated carbocycles. The maximum Gasteiger partial charge on any atom is 0.336 e. The lowest BCUT2D eigenvalue weighted by Gasteiger charge is -2.23. The molecule has 38 heavy (non-hydrogen) atoms. The molecule has 3 rings (SSSR count). The molecule has 0 fully saturated rings. The fourth-order valence-corrected chi connectivity index (χ4v) is 4.88. The molecule has 0 atom stereocenters. The summed E-state index contributed by atoms with van der Waals surface area (Å²) in [5, 5.41) is 10.00. The smallest absolute Gasteiger partial charge is 0.336 e. The molecular weight excluding hydrogens is 478 g/mol. The summed E-state index contributed by atoms with van der Waals surface area (Å²) < 4.78 is 2.00. The van der Waals surface area contributed by atoms with Crippen LogP contribution in [0.4, 0.5) is 0 Å². The molecule has 0 aliphatic heterocycles. The second kappa shape index (κ2) is 15.4. The average Bonchev–Trinajstić information content (AvgIpc) is 3.54. The topological polar surface area (TPSA) is 93.5 Å². The number of carboxylic acids is 1.